The van der Waals surface area contributed by atoms with Gasteiger partial charge in [-0.15, -0.1) is 35.3 Å². The van der Waals surface area contributed by atoms with Gasteiger partial charge < -0.3 is 15.2 Å². The molecule has 0 amide bonds. The van der Waals surface area contributed by atoms with Gasteiger partial charge in [-0.1, -0.05) is 0 Å². The first-order chi connectivity index (χ1) is 9.79. The summed E-state index contributed by atoms with van der Waals surface area (Å²) in [5, 5.41) is 6.60. The van der Waals surface area contributed by atoms with E-state index >= 15 is 0 Å². The number of aliphatic imine (C=N–C) groups is 1. The van der Waals surface area contributed by atoms with Crippen molar-refractivity contribution in [2.45, 2.75) is 26.9 Å². The molecule has 0 spiro atoms. The second-order valence-corrected chi connectivity index (χ2v) is 5.34. The Morgan fingerprint density at radius 2 is 2.10 bits per heavy atom. The second kappa shape index (κ2) is 9.78. The molecule has 0 atom stereocenters. The highest BCUT2D eigenvalue weighted by Gasteiger charge is 2.01. The number of thiazole rings is 1. The van der Waals surface area contributed by atoms with Gasteiger partial charge in [0.1, 0.15) is 0 Å². The van der Waals surface area contributed by atoms with Gasteiger partial charge in [-0.05, 0) is 26.0 Å². The van der Waals surface area contributed by atoms with Gasteiger partial charge in [0.25, 0.3) is 0 Å². The fraction of sp³-hybridized carbons (Fsp3) is 0.429. The molecule has 2 aromatic heterocycles. The monoisotopic (exact) mass is 419 g/mol. The first-order valence-electron chi connectivity index (χ1n) is 6.81. The van der Waals surface area contributed by atoms with Gasteiger partial charge >= 0.3 is 0 Å². The van der Waals surface area contributed by atoms with Crippen LogP contribution < -0.4 is 10.6 Å². The van der Waals surface area contributed by atoms with E-state index in [2.05, 4.69) is 44.5 Å². The van der Waals surface area contributed by atoms with Crippen LogP contribution in [0.5, 0.6) is 0 Å². The third-order valence-corrected chi connectivity index (χ3v) is 3.82. The summed E-state index contributed by atoms with van der Waals surface area (Å²) < 4.78 is 2.14. The average Bonchev–Trinajstić information content (AvgIpc) is 3.08. The Morgan fingerprint density at radius 3 is 2.71 bits per heavy atom. The lowest BCUT2D eigenvalue weighted by Crippen LogP contribution is -2.38. The summed E-state index contributed by atoms with van der Waals surface area (Å²) in [6, 6.07) is 4.07. The number of aromatic nitrogens is 2. The second-order valence-electron chi connectivity index (χ2n) is 4.40. The van der Waals surface area contributed by atoms with Gasteiger partial charge in [0.2, 0.25) is 0 Å². The number of rotatable bonds is 6. The van der Waals surface area contributed by atoms with Crippen LogP contribution in [-0.4, -0.2) is 28.6 Å². The number of nitrogens with one attached hydrogen (secondary N) is 2. The van der Waals surface area contributed by atoms with E-state index in [1.165, 1.54) is 4.88 Å². The molecule has 21 heavy (non-hydrogen) atoms. The Balaban J connectivity index is 0.00000220. The molecule has 5 nitrogen and oxygen atoms in total. The number of hydrogen-bond donors (Lipinski definition) is 2. The van der Waals surface area contributed by atoms with Crippen molar-refractivity contribution >= 4 is 41.3 Å². The molecule has 2 heterocycles. The maximum Gasteiger partial charge on any atom is 0.191 e. The molecule has 0 aromatic carbocycles. The Morgan fingerprint density at radius 1 is 1.33 bits per heavy atom. The van der Waals surface area contributed by atoms with E-state index in [0.717, 1.165) is 31.3 Å². The summed E-state index contributed by atoms with van der Waals surface area (Å²) in [7, 11) is 0. The summed E-state index contributed by atoms with van der Waals surface area (Å²) in [5.74, 6) is 0.854. The predicted octanol–water partition coefficient (Wildman–Crippen LogP) is 2.63. The molecule has 0 aliphatic heterocycles. The van der Waals surface area contributed by atoms with Crippen molar-refractivity contribution in [1.82, 2.24) is 20.2 Å². The Labute approximate surface area is 146 Å². The maximum absolute atomic E-state index is 4.59. The lowest BCUT2D eigenvalue weighted by molar-refractivity contribution is 0.666. The minimum atomic E-state index is 0. The van der Waals surface area contributed by atoms with E-state index in [9.17, 15) is 0 Å². The normalized spacial score (nSPS) is 11.0. The van der Waals surface area contributed by atoms with Crippen LogP contribution in [0.1, 0.15) is 17.5 Å². The van der Waals surface area contributed by atoms with Crippen molar-refractivity contribution in [3.8, 4) is 0 Å². The van der Waals surface area contributed by atoms with Gasteiger partial charge in [0.05, 0.1) is 17.7 Å². The van der Waals surface area contributed by atoms with Crippen molar-refractivity contribution < 1.29 is 0 Å². The lowest BCUT2D eigenvalue weighted by atomic mass is 10.4. The molecule has 116 valence electrons. The molecular weight excluding hydrogens is 397 g/mol. The first-order valence-corrected chi connectivity index (χ1v) is 7.69. The van der Waals surface area contributed by atoms with Crippen molar-refractivity contribution in [3.63, 3.8) is 0 Å². The minimum Gasteiger partial charge on any atom is -0.357 e. The third kappa shape index (κ3) is 6.04. The van der Waals surface area contributed by atoms with Crippen molar-refractivity contribution in [3.05, 3.63) is 40.6 Å². The molecule has 0 bridgehead atoms. The predicted molar refractivity (Wildman–Crippen MR) is 99.5 cm³/mol. The van der Waals surface area contributed by atoms with E-state index in [4.69, 9.17) is 0 Å². The number of halogens is 1. The van der Waals surface area contributed by atoms with Crippen LogP contribution in [0, 0.1) is 6.92 Å². The summed E-state index contributed by atoms with van der Waals surface area (Å²) in [5.41, 5.74) is 2.94. The van der Waals surface area contributed by atoms with Crippen LogP contribution in [0.25, 0.3) is 0 Å². The van der Waals surface area contributed by atoms with Crippen LogP contribution in [0.4, 0.5) is 0 Å². The highest BCUT2D eigenvalue weighted by molar-refractivity contribution is 14.0. The zero-order valence-corrected chi connectivity index (χ0v) is 15.5. The Bertz CT molecular complexity index is 535. The summed E-state index contributed by atoms with van der Waals surface area (Å²) in [6.45, 7) is 7.40. The van der Waals surface area contributed by atoms with Crippen molar-refractivity contribution in [2.24, 2.45) is 4.99 Å². The van der Waals surface area contributed by atoms with E-state index in [1.54, 1.807) is 11.3 Å². The smallest absolute Gasteiger partial charge is 0.191 e. The van der Waals surface area contributed by atoms with Crippen LogP contribution in [0.2, 0.25) is 0 Å². The fourth-order valence-electron chi connectivity index (χ4n) is 1.79. The van der Waals surface area contributed by atoms with Gasteiger partial charge in [-0.25, -0.2) is 9.98 Å². The summed E-state index contributed by atoms with van der Waals surface area (Å²) >= 11 is 1.65. The van der Waals surface area contributed by atoms with E-state index in [0.29, 0.717) is 6.54 Å². The van der Waals surface area contributed by atoms with Gasteiger partial charge in [0.15, 0.2) is 5.96 Å². The van der Waals surface area contributed by atoms with Gasteiger partial charge in [-0.3, -0.25) is 0 Å². The molecule has 0 fully saturated rings. The Hall–Kier alpha value is -1.09. The molecule has 2 rings (SSSR count). The molecule has 2 aromatic rings. The molecule has 0 radical (unpaired) electrons. The zero-order chi connectivity index (χ0) is 14.2. The largest absolute Gasteiger partial charge is 0.357 e. The van der Waals surface area contributed by atoms with Crippen molar-refractivity contribution in [2.75, 3.05) is 13.1 Å². The molecule has 0 saturated heterocycles. The minimum absolute atomic E-state index is 0. The standard InChI is InChI=1S/C14H21N5S.HI/c1-3-15-14(16-6-9-19-7-4-5-8-19)17-10-13-12(2)18-11-20-13;/h4-5,7-8,11H,3,6,9-10H2,1-2H3,(H2,15,16,17);1H. The number of hydrogen-bond acceptors (Lipinski definition) is 3. The van der Waals surface area contributed by atoms with Crippen LogP contribution in [0.15, 0.2) is 35.0 Å². The number of aryl methyl sites for hydroxylation is 1. The zero-order valence-electron chi connectivity index (χ0n) is 12.4. The highest BCUT2D eigenvalue weighted by Crippen LogP contribution is 2.12. The van der Waals surface area contributed by atoms with Crippen LogP contribution in [0.3, 0.4) is 0 Å². The molecular formula is C14H22IN5S. The highest BCUT2D eigenvalue weighted by atomic mass is 127. The number of nitrogens with zero attached hydrogens (tertiary/aromatic N) is 3. The molecule has 2 N–H and O–H groups in total. The van der Waals surface area contributed by atoms with Gasteiger partial charge in [-0.2, -0.15) is 0 Å². The van der Waals surface area contributed by atoms with Crippen LogP contribution >= 0.6 is 35.3 Å². The quantitative estimate of drug-likeness (QED) is 0.430. The molecule has 0 saturated carbocycles. The summed E-state index contributed by atoms with van der Waals surface area (Å²) in [6.07, 6.45) is 4.12. The van der Waals surface area contributed by atoms with E-state index in [1.807, 2.05) is 24.6 Å². The first kappa shape index (κ1) is 18.0. The molecule has 0 aliphatic carbocycles. The van der Waals surface area contributed by atoms with Gasteiger partial charge in [0, 0.05) is 36.9 Å². The summed E-state index contributed by atoms with van der Waals surface area (Å²) in [4.78, 5) is 10.0. The van der Waals surface area contributed by atoms with E-state index < -0.39 is 0 Å². The SMILES string of the molecule is CCNC(=NCc1scnc1C)NCCn1cccc1.I. The van der Waals surface area contributed by atoms with E-state index in [-0.39, 0.29) is 24.0 Å². The topological polar surface area (TPSA) is 54.2 Å². The number of guanidine groups is 1. The third-order valence-electron chi connectivity index (χ3n) is 2.90. The fourth-order valence-corrected chi connectivity index (χ4v) is 2.49. The molecule has 0 unspecified atom stereocenters. The Kier molecular flexibility index (Phi) is 8.36. The molecule has 0 aliphatic rings. The lowest BCUT2D eigenvalue weighted by Gasteiger charge is -2.11. The maximum atomic E-state index is 4.59. The van der Waals surface area contributed by atoms with Crippen LogP contribution in [-0.2, 0) is 13.1 Å². The van der Waals surface area contributed by atoms with Crippen molar-refractivity contribution in [1.29, 1.82) is 0 Å². The molecule has 7 heteroatoms. The average molecular weight is 419 g/mol.